The molecule has 0 atom stereocenters. The van der Waals surface area contributed by atoms with E-state index >= 15 is 0 Å². The molecule has 59 heavy (non-hydrogen) atoms. The molecule has 0 saturated carbocycles. The number of aryl methyl sites for hydroxylation is 1. The molecule has 0 aliphatic rings. The van der Waals surface area contributed by atoms with Gasteiger partial charge in [0, 0.05) is 10.8 Å². The van der Waals surface area contributed by atoms with E-state index in [1.807, 2.05) is 0 Å². The van der Waals surface area contributed by atoms with E-state index in [9.17, 15) is 0 Å². The second-order valence-corrected chi connectivity index (χ2v) is 15.5. The van der Waals surface area contributed by atoms with E-state index in [-0.39, 0.29) is 0 Å². The molecule has 0 aliphatic carbocycles. The van der Waals surface area contributed by atoms with E-state index in [0.717, 1.165) is 11.0 Å². The maximum Gasteiger partial charge on any atom is 0.0712 e. The van der Waals surface area contributed by atoms with Crippen LogP contribution in [0.3, 0.4) is 0 Å². The number of hydrogen-bond acceptors (Lipinski definition) is 1. The van der Waals surface area contributed by atoms with E-state index < -0.39 is 0 Å². The molecule has 1 N–H and O–H groups in total. The van der Waals surface area contributed by atoms with Crippen molar-refractivity contribution in [1.82, 2.24) is 4.68 Å². The van der Waals surface area contributed by atoms with Gasteiger partial charge in [-0.05, 0) is 122 Å². The monoisotopic (exact) mass is 756 g/mol. The number of fused-ring (bicyclic) bond motifs is 3. The van der Waals surface area contributed by atoms with Crippen LogP contribution in [0.15, 0.2) is 212 Å². The molecule has 10 rings (SSSR count). The van der Waals surface area contributed by atoms with Crippen molar-refractivity contribution in [3.8, 4) is 66.8 Å². The van der Waals surface area contributed by atoms with Crippen LogP contribution >= 0.6 is 0 Å². The molecular weight excluding hydrogens is 713 g/mol. The summed E-state index contributed by atoms with van der Waals surface area (Å²) in [6.07, 6.45) is 0. The molecule has 2 heteroatoms. The molecule has 0 fully saturated rings. The maximum absolute atomic E-state index is 3.85. The third-order valence-electron chi connectivity index (χ3n) is 11.9. The molecule has 10 aromatic rings. The van der Waals surface area contributed by atoms with Crippen LogP contribution in [-0.4, -0.2) is 4.68 Å². The fourth-order valence-corrected chi connectivity index (χ4v) is 8.85. The van der Waals surface area contributed by atoms with E-state index in [0.29, 0.717) is 6.54 Å². The number of nitrogens with one attached hydrogen (secondary N) is 1. The van der Waals surface area contributed by atoms with Crippen LogP contribution in [-0.2, 0) is 6.54 Å². The van der Waals surface area contributed by atoms with Crippen molar-refractivity contribution < 1.29 is 0 Å². The zero-order chi connectivity index (χ0) is 39.7. The highest BCUT2D eigenvalue weighted by Crippen LogP contribution is 2.42. The van der Waals surface area contributed by atoms with Gasteiger partial charge in [-0.3, -0.25) is 4.68 Å². The Morgan fingerprint density at radius 2 is 0.847 bits per heavy atom. The largest absolute Gasteiger partial charge is 0.321 e. The molecule has 1 heterocycles. The molecule has 0 radical (unpaired) electrons. The van der Waals surface area contributed by atoms with Crippen LogP contribution in [0.1, 0.15) is 16.7 Å². The molecule has 0 spiro atoms. The van der Waals surface area contributed by atoms with Gasteiger partial charge in [0.2, 0.25) is 0 Å². The first-order valence-corrected chi connectivity index (χ1v) is 20.5. The smallest absolute Gasteiger partial charge is 0.0712 e. The average molecular weight is 757 g/mol. The molecule has 0 aliphatic heterocycles. The third-order valence-corrected chi connectivity index (χ3v) is 11.9. The van der Waals surface area contributed by atoms with E-state index in [1.165, 1.54) is 94.2 Å². The topological polar surface area (TPSA) is 17.0 Å². The van der Waals surface area contributed by atoms with Crippen molar-refractivity contribution >= 4 is 21.8 Å². The first-order chi connectivity index (χ1) is 29.1. The summed E-state index contributed by atoms with van der Waals surface area (Å²) in [4.78, 5) is 0. The lowest BCUT2D eigenvalue weighted by Crippen LogP contribution is -2.14. The molecule has 1 aromatic heterocycles. The van der Waals surface area contributed by atoms with Gasteiger partial charge >= 0.3 is 0 Å². The summed E-state index contributed by atoms with van der Waals surface area (Å²) in [5, 5.41) is 2.43. The minimum Gasteiger partial charge on any atom is -0.321 e. The van der Waals surface area contributed by atoms with Crippen LogP contribution in [0, 0.1) is 13.8 Å². The SMILES string of the molecule is Cc1ccccc1-c1cccc(-c2ccccc2-c2ccccc2-c2ccc3c(c2)c2ccc(-c4ccccc4)cc2n3NCc2cccc(-c3ccccc3)c2)c1C. The van der Waals surface area contributed by atoms with E-state index in [1.54, 1.807) is 0 Å². The molecule has 0 amide bonds. The fraction of sp³-hybridized carbons (Fsp3) is 0.0526. The summed E-state index contributed by atoms with van der Waals surface area (Å²) in [7, 11) is 0. The third kappa shape index (κ3) is 6.79. The van der Waals surface area contributed by atoms with Crippen LogP contribution < -0.4 is 5.43 Å². The number of nitrogens with zero attached hydrogens (tertiary/aromatic N) is 1. The van der Waals surface area contributed by atoms with Crippen molar-refractivity contribution in [3.05, 3.63) is 229 Å². The Balaban J connectivity index is 1.08. The lowest BCUT2D eigenvalue weighted by Gasteiger charge is -2.18. The van der Waals surface area contributed by atoms with Gasteiger partial charge in [0.1, 0.15) is 0 Å². The Kier molecular flexibility index (Phi) is 9.44. The van der Waals surface area contributed by atoms with Crippen molar-refractivity contribution in [2.45, 2.75) is 20.4 Å². The number of aromatic nitrogens is 1. The highest BCUT2D eigenvalue weighted by molar-refractivity contribution is 6.11. The van der Waals surface area contributed by atoms with Crippen LogP contribution in [0.5, 0.6) is 0 Å². The molecule has 0 saturated heterocycles. The summed E-state index contributed by atoms with van der Waals surface area (Å²) in [6, 6.07) is 77.1. The van der Waals surface area contributed by atoms with Gasteiger partial charge in [-0.25, -0.2) is 0 Å². The van der Waals surface area contributed by atoms with Gasteiger partial charge in [0.25, 0.3) is 0 Å². The van der Waals surface area contributed by atoms with Crippen molar-refractivity contribution in [2.75, 3.05) is 5.43 Å². The Bertz CT molecular complexity index is 3120. The Labute approximate surface area is 346 Å². The summed E-state index contributed by atoms with van der Waals surface area (Å²) >= 11 is 0. The van der Waals surface area contributed by atoms with Crippen LogP contribution in [0.2, 0.25) is 0 Å². The van der Waals surface area contributed by atoms with Gasteiger partial charge in [-0.1, -0.05) is 188 Å². The standard InChI is InChI=1S/C57H44N2/c1-39-17-9-10-24-47(39)48-29-16-30-49(40(48)2)51-26-13-14-28-53(51)52-27-12-11-25-50(52)46-32-34-56-55(36-46)54-33-31-45(43-21-7-4-8-22-43)37-57(54)59(56)58-38-41-18-15-23-44(35-41)42-19-5-3-6-20-42/h3-37,58H,38H2,1-2H3. The second-order valence-electron chi connectivity index (χ2n) is 15.5. The number of hydrogen-bond donors (Lipinski definition) is 1. The summed E-state index contributed by atoms with van der Waals surface area (Å²) in [5.41, 5.74) is 24.7. The second kappa shape index (κ2) is 15.5. The highest BCUT2D eigenvalue weighted by Gasteiger charge is 2.18. The number of benzene rings is 9. The van der Waals surface area contributed by atoms with E-state index in [4.69, 9.17) is 0 Å². The zero-order valence-electron chi connectivity index (χ0n) is 33.4. The molecule has 0 bridgehead atoms. The molecule has 2 nitrogen and oxygen atoms in total. The van der Waals surface area contributed by atoms with Crippen LogP contribution in [0.25, 0.3) is 88.6 Å². The quantitative estimate of drug-likeness (QED) is 0.155. The molecule has 282 valence electrons. The van der Waals surface area contributed by atoms with Crippen molar-refractivity contribution in [1.29, 1.82) is 0 Å². The Hall–Kier alpha value is -7.42. The van der Waals surface area contributed by atoms with Crippen molar-refractivity contribution in [3.63, 3.8) is 0 Å². The highest BCUT2D eigenvalue weighted by atomic mass is 15.4. The van der Waals surface area contributed by atoms with Gasteiger partial charge in [-0.2, -0.15) is 0 Å². The normalized spacial score (nSPS) is 11.3. The first kappa shape index (κ1) is 36.0. The molecular formula is C57H44N2. The van der Waals surface area contributed by atoms with Crippen molar-refractivity contribution in [2.24, 2.45) is 0 Å². The van der Waals surface area contributed by atoms with Crippen LogP contribution in [0.4, 0.5) is 0 Å². The van der Waals surface area contributed by atoms with Gasteiger partial charge in [-0.15, -0.1) is 0 Å². The molecule has 0 unspecified atom stereocenters. The predicted octanol–water partition coefficient (Wildman–Crippen LogP) is 15.2. The summed E-state index contributed by atoms with van der Waals surface area (Å²) < 4.78 is 2.29. The zero-order valence-corrected chi connectivity index (χ0v) is 33.4. The Morgan fingerprint density at radius 1 is 0.339 bits per heavy atom. The number of rotatable bonds is 9. The lowest BCUT2D eigenvalue weighted by molar-refractivity contribution is 0.902. The Morgan fingerprint density at radius 3 is 1.54 bits per heavy atom. The van der Waals surface area contributed by atoms with Gasteiger partial charge in [0.15, 0.2) is 0 Å². The van der Waals surface area contributed by atoms with Gasteiger partial charge < -0.3 is 5.43 Å². The van der Waals surface area contributed by atoms with Gasteiger partial charge in [0.05, 0.1) is 17.6 Å². The summed E-state index contributed by atoms with van der Waals surface area (Å²) in [6.45, 7) is 5.14. The lowest BCUT2D eigenvalue weighted by atomic mass is 9.86. The summed E-state index contributed by atoms with van der Waals surface area (Å²) in [5.74, 6) is 0. The predicted molar refractivity (Wildman–Crippen MR) is 251 cm³/mol. The van der Waals surface area contributed by atoms with E-state index in [2.05, 4.69) is 236 Å². The minimum atomic E-state index is 0.681. The maximum atomic E-state index is 3.85. The minimum absolute atomic E-state index is 0.681. The average Bonchev–Trinajstić information content (AvgIpc) is 3.61. The fourth-order valence-electron chi connectivity index (χ4n) is 8.85. The molecule has 9 aromatic carbocycles. The first-order valence-electron chi connectivity index (χ1n) is 20.5.